The molecule has 0 atom stereocenters. The Balaban J connectivity index is 2.66. The van der Waals surface area contributed by atoms with Crippen LogP contribution in [0.1, 0.15) is 0 Å². The maximum atomic E-state index is 10.7. The summed E-state index contributed by atoms with van der Waals surface area (Å²) in [5.41, 5.74) is 0. The van der Waals surface area contributed by atoms with Gasteiger partial charge in [-0.3, -0.25) is 5.32 Å². The number of rotatable bonds is 1. The zero-order valence-corrected chi connectivity index (χ0v) is 7.35. The molecular formula is C5H4N2O3S2. The third-order valence-electron chi connectivity index (χ3n) is 0.909. The maximum absolute atomic E-state index is 10.7. The minimum atomic E-state index is -2.69. The molecule has 1 aromatic rings. The van der Waals surface area contributed by atoms with Gasteiger partial charge in [0.2, 0.25) is 0 Å². The molecule has 1 N–H and O–H groups in total. The quantitative estimate of drug-likeness (QED) is 0.750. The Morgan fingerprint density at radius 3 is 2.83 bits per heavy atom. The first-order valence-corrected chi connectivity index (χ1v) is 4.75. The van der Waals surface area contributed by atoms with Crippen LogP contribution in [0.5, 0.6) is 0 Å². The highest BCUT2D eigenvalue weighted by Gasteiger charge is 1.99. The third-order valence-corrected chi connectivity index (χ3v) is 2.01. The lowest BCUT2D eigenvalue weighted by Gasteiger charge is -1.91. The first-order valence-electron chi connectivity index (χ1n) is 2.84. The fraction of sp³-hybridized carbons (Fsp3) is 0. The van der Waals surface area contributed by atoms with Gasteiger partial charge in [0, 0.05) is 0 Å². The summed E-state index contributed by atoms with van der Waals surface area (Å²) in [5.74, 6) is 0. The SMILES string of the molecule is O=C(N=S(=O)=O)Nc1cccs1. The molecule has 5 nitrogen and oxygen atoms in total. The Hall–Kier alpha value is -1.21. The van der Waals surface area contributed by atoms with Crippen molar-refractivity contribution in [3.05, 3.63) is 17.5 Å². The molecule has 0 aliphatic heterocycles. The van der Waals surface area contributed by atoms with Crippen molar-refractivity contribution >= 4 is 32.9 Å². The van der Waals surface area contributed by atoms with Gasteiger partial charge in [-0.2, -0.15) is 8.42 Å². The molecule has 1 rings (SSSR count). The Labute approximate surface area is 73.7 Å². The number of anilines is 1. The fourth-order valence-corrected chi connectivity index (χ4v) is 1.33. The second-order valence-corrected chi connectivity index (χ2v) is 3.28. The number of carbonyl (C=O) groups excluding carboxylic acids is 1. The molecule has 0 unspecified atom stereocenters. The number of amides is 2. The monoisotopic (exact) mass is 204 g/mol. The molecular weight excluding hydrogens is 200 g/mol. The van der Waals surface area contributed by atoms with E-state index in [2.05, 4.69) is 9.68 Å². The van der Waals surface area contributed by atoms with Gasteiger partial charge in [0.1, 0.15) is 0 Å². The lowest BCUT2D eigenvalue weighted by Crippen LogP contribution is -2.03. The van der Waals surface area contributed by atoms with Crippen LogP contribution < -0.4 is 5.32 Å². The second-order valence-electron chi connectivity index (χ2n) is 1.72. The zero-order chi connectivity index (χ0) is 8.97. The average molecular weight is 204 g/mol. The van der Waals surface area contributed by atoms with Gasteiger partial charge >= 0.3 is 16.5 Å². The summed E-state index contributed by atoms with van der Waals surface area (Å²) in [4.78, 5) is 10.7. The van der Waals surface area contributed by atoms with Gasteiger partial charge in [0.15, 0.2) is 0 Å². The maximum Gasteiger partial charge on any atom is 0.360 e. The molecule has 0 spiro atoms. The summed E-state index contributed by atoms with van der Waals surface area (Å²) in [5, 5.41) is 4.59. The Morgan fingerprint density at radius 2 is 2.33 bits per heavy atom. The number of urea groups is 1. The van der Waals surface area contributed by atoms with Gasteiger partial charge in [-0.15, -0.1) is 11.3 Å². The highest BCUT2D eigenvalue weighted by atomic mass is 32.2. The van der Waals surface area contributed by atoms with Crippen molar-refractivity contribution in [1.82, 2.24) is 0 Å². The van der Waals surface area contributed by atoms with Crippen molar-refractivity contribution in [1.29, 1.82) is 0 Å². The number of nitrogens with one attached hydrogen (secondary N) is 1. The molecule has 7 heteroatoms. The molecule has 1 heterocycles. The van der Waals surface area contributed by atoms with Crippen molar-refractivity contribution < 1.29 is 13.2 Å². The van der Waals surface area contributed by atoms with E-state index in [1.807, 2.05) is 0 Å². The topological polar surface area (TPSA) is 75.6 Å². The van der Waals surface area contributed by atoms with Gasteiger partial charge in [0.05, 0.1) is 5.00 Å². The molecule has 0 bridgehead atoms. The molecule has 0 aliphatic carbocycles. The number of thiophene rings is 1. The van der Waals surface area contributed by atoms with E-state index in [1.165, 1.54) is 11.3 Å². The second kappa shape index (κ2) is 3.98. The van der Waals surface area contributed by atoms with Crippen molar-refractivity contribution in [2.24, 2.45) is 4.36 Å². The summed E-state index contributed by atoms with van der Waals surface area (Å²) >= 11 is 1.29. The lowest BCUT2D eigenvalue weighted by molar-refractivity contribution is 0.260. The molecule has 12 heavy (non-hydrogen) atoms. The molecule has 0 radical (unpaired) electrons. The van der Waals surface area contributed by atoms with Crippen molar-refractivity contribution in [2.45, 2.75) is 0 Å². The van der Waals surface area contributed by atoms with Crippen LogP contribution in [-0.4, -0.2) is 14.4 Å². The Morgan fingerprint density at radius 1 is 1.58 bits per heavy atom. The van der Waals surface area contributed by atoms with E-state index in [0.717, 1.165) is 0 Å². The third kappa shape index (κ3) is 2.81. The van der Waals surface area contributed by atoms with Crippen molar-refractivity contribution in [3.63, 3.8) is 0 Å². The summed E-state index contributed by atoms with van der Waals surface area (Å²) in [6, 6.07) is 2.49. The van der Waals surface area contributed by atoms with Gasteiger partial charge in [-0.05, 0) is 17.5 Å². The van der Waals surface area contributed by atoms with E-state index in [4.69, 9.17) is 0 Å². The molecule has 0 aliphatic rings. The summed E-state index contributed by atoms with van der Waals surface area (Å²) in [6.07, 6.45) is 0. The standard InChI is InChI=1S/C5H4N2O3S2/c8-5(7-12(9)10)6-4-2-1-3-11-4/h1-3H,(H,6,8). The summed E-state index contributed by atoms with van der Waals surface area (Å²) in [6.45, 7) is 0. The summed E-state index contributed by atoms with van der Waals surface area (Å²) < 4.78 is 22.6. The lowest BCUT2D eigenvalue weighted by atomic mass is 10.6. The molecule has 64 valence electrons. The van der Waals surface area contributed by atoms with Crippen LogP contribution in [0.4, 0.5) is 9.80 Å². The largest absolute Gasteiger partial charge is 0.360 e. The molecule has 0 fully saturated rings. The number of carbonyl (C=O) groups is 1. The number of nitrogens with zero attached hydrogens (tertiary/aromatic N) is 1. The zero-order valence-electron chi connectivity index (χ0n) is 5.72. The molecule has 0 saturated carbocycles. The smallest absolute Gasteiger partial charge is 0.297 e. The van der Waals surface area contributed by atoms with Crippen LogP contribution in [0, 0.1) is 0 Å². The predicted octanol–water partition coefficient (Wildman–Crippen LogP) is 1.34. The highest BCUT2D eigenvalue weighted by molar-refractivity contribution is 7.62. The van der Waals surface area contributed by atoms with Crippen LogP contribution in [0.2, 0.25) is 0 Å². The average Bonchev–Trinajstić information content (AvgIpc) is 2.37. The fourth-order valence-electron chi connectivity index (χ4n) is 0.546. The first-order chi connectivity index (χ1) is 5.68. The normalized spacial score (nSPS) is 9.00. The molecule has 2 amide bonds. The van der Waals surface area contributed by atoms with E-state index in [-0.39, 0.29) is 0 Å². The van der Waals surface area contributed by atoms with Crippen LogP contribution in [0.15, 0.2) is 21.9 Å². The van der Waals surface area contributed by atoms with E-state index in [0.29, 0.717) is 5.00 Å². The van der Waals surface area contributed by atoms with Crippen LogP contribution >= 0.6 is 11.3 Å². The van der Waals surface area contributed by atoms with Crippen LogP contribution in [0.25, 0.3) is 0 Å². The predicted molar refractivity (Wildman–Crippen MR) is 44.7 cm³/mol. The Kier molecular flexibility index (Phi) is 2.94. The number of hydrogen-bond acceptors (Lipinski definition) is 4. The Bertz CT molecular complexity index is 384. The van der Waals surface area contributed by atoms with Gasteiger partial charge < -0.3 is 0 Å². The van der Waals surface area contributed by atoms with Crippen LogP contribution in [-0.2, 0) is 10.5 Å². The minimum absolute atomic E-state index is 0.564. The van der Waals surface area contributed by atoms with E-state index >= 15 is 0 Å². The molecule has 0 saturated heterocycles. The minimum Gasteiger partial charge on any atom is -0.297 e. The van der Waals surface area contributed by atoms with Crippen molar-refractivity contribution in [2.75, 3.05) is 5.32 Å². The van der Waals surface area contributed by atoms with E-state index in [1.54, 1.807) is 17.5 Å². The first kappa shape index (κ1) is 8.88. The molecule has 0 aromatic carbocycles. The van der Waals surface area contributed by atoms with Crippen LogP contribution in [0.3, 0.4) is 0 Å². The van der Waals surface area contributed by atoms with E-state index in [9.17, 15) is 13.2 Å². The van der Waals surface area contributed by atoms with E-state index < -0.39 is 16.5 Å². The summed E-state index contributed by atoms with van der Waals surface area (Å²) in [7, 11) is -2.69. The van der Waals surface area contributed by atoms with Gasteiger partial charge in [-0.25, -0.2) is 4.79 Å². The molecule has 1 aromatic heterocycles. The van der Waals surface area contributed by atoms with Gasteiger partial charge in [0.25, 0.3) is 0 Å². The number of hydrogen-bond donors (Lipinski definition) is 1. The van der Waals surface area contributed by atoms with Crippen molar-refractivity contribution in [3.8, 4) is 0 Å². The van der Waals surface area contributed by atoms with Gasteiger partial charge in [-0.1, -0.05) is 4.36 Å². The highest BCUT2D eigenvalue weighted by Crippen LogP contribution is 2.14.